The Bertz CT molecular complexity index is 1040. The van der Waals surface area contributed by atoms with Crippen molar-refractivity contribution in [2.24, 2.45) is 4.99 Å². The van der Waals surface area contributed by atoms with Crippen LogP contribution in [0.25, 0.3) is 0 Å². The van der Waals surface area contributed by atoms with Crippen molar-refractivity contribution in [3.8, 4) is 5.75 Å². The van der Waals surface area contributed by atoms with Crippen LogP contribution in [0.4, 0.5) is 18.9 Å². The number of benzene rings is 2. The molecule has 0 bridgehead atoms. The van der Waals surface area contributed by atoms with E-state index in [-0.39, 0.29) is 30.6 Å². The number of anilines is 1. The van der Waals surface area contributed by atoms with Crippen molar-refractivity contribution in [1.29, 1.82) is 0 Å². The normalized spacial score (nSPS) is 19.7. The Labute approximate surface area is 204 Å². The van der Waals surface area contributed by atoms with Crippen molar-refractivity contribution in [2.75, 3.05) is 25.7 Å². The number of alkyl halides is 3. The molecule has 0 aliphatic carbocycles. The van der Waals surface area contributed by atoms with E-state index in [2.05, 4.69) is 15.0 Å². The van der Waals surface area contributed by atoms with Crippen LogP contribution in [0.2, 0.25) is 10.0 Å². The fraction of sp³-hybridized carbons (Fsp3) is 0.364. The van der Waals surface area contributed by atoms with Gasteiger partial charge in [-0.1, -0.05) is 35.3 Å². The summed E-state index contributed by atoms with van der Waals surface area (Å²) in [4.78, 5) is 19.4. The number of nitrogens with zero attached hydrogens (tertiary/aromatic N) is 2. The SMILES string of the molecule is COC(CN=C1N[C@](C)(Cc2ccc(OC(F)(F)F)cc2)C(=O)N1[13c]1[13cH][13c](Cl)[13cH][13c](Cl)[13cH]1)OC. The Morgan fingerprint density at radius 2 is 1.68 bits per heavy atom. The molecule has 3 rings (SSSR count). The number of aliphatic imine (C=N–C) groups is 1. The number of methoxy groups -OCH3 is 2. The summed E-state index contributed by atoms with van der Waals surface area (Å²) >= 11 is 12.3. The van der Waals surface area contributed by atoms with Gasteiger partial charge in [-0.2, -0.15) is 0 Å². The quantitative estimate of drug-likeness (QED) is 0.501. The van der Waals surface area contributed by atoms with Crippen molar-refractivity contribution in [2.45, 2.75) is 31.5 Å². The average molecular weight is 526 g/mol. The molecule has 1 fully saturated rings. The van der Waals surface area contributed by atoms with Crippen LogP contribution in [0.3, 0.4) is 0 Å². The number of nitrogens with one attached hydrogen (secondary N) is 1. The highest BCUT2D eigenvalue weighted by Gasteiger charge is 2.47. The second kappa shape index (κ2) is 10.4. The van der Waals surface area contributed by atoms with Gasteiger partial charge in [0.25, 0.3) is 5.91 Å². The Morgan fingerprint density at radius 3 is 2.21 bits per heavy atom. The molecule has 12 heteroatoms. The van der Waals surface area contributed by atoms with E-state index in [9.17, 15) is 18.0 Å². The number of amides is 1. The summed E-state index contributed by atoms with van der Waals surface area (Å²) in [6, 6.07) is 9.98. The molecule has 0 saturated carbocycles. The first-order valence-electron chi connectivity index (χ1n) is 9.97. The maximum Gasteiger partial charge on any atom is 0.573 e. The molecular weight excluding hydrogens is 504 g/mol. The minimum Gasteiger partial charge on any atom is -0.406 e. The summed E-state index contributed by atoms with van der Waals surface area (Å²) in [5.74, 6) is -0.483. The predicted octanol–water partition coefficient (Wildman–Crippen LogP) is 4.80. The molecule has 0 radical (unpaired) electrons. The summed E-state index contributed by atoms with van der Waals surface area (Å²) in [6.45, 7) is 1.76. The van der Waals surface area contributed by atoms with Crippen molar-refractivity contribution in [3.63, 3.8) is 0 Å². The molecule has 1 aliphatic heterocycles. The van der Waals surface area contributed by atoms with Crippen molar-refractivity contribution in [3.05, 3.63) is 58.1 Å². The fourth-order valence-corrected chi connectivity index (χ4v) is 3.98. The Kier molecular flexibility index (Phi) is 7.97. The van der Waals surface area contributed by atoms with Crippen LogP contribution in [0.15, 0.2) is 47.5 Å². The molecule has 1 amide bonds. The third-order valence-electron chi connectivity index (χ3n) is 5.01. The Balaban J connectivity index is 1.91. The minimum atomic E-state index is -4.79. The number of halogens is 5. The number of carbonyl (C=O) groups is 1. The third kappa shape index (κ3) is 6.32. The summed E-state index contributed by atoms with van der Waals surface area (Å²) in [7, 11) is 2.93. The summed E-state index contributed by atoms with van der Waals surface area (Å²) in [5.41, 5.74) is -0.164. The van der Waals surface area contributed by atoms with E-state index in [0.29, 0.717) is 21.3 Å². The molecule has 2 aromatic rings. The molecule has 1 saturated heterocycles. The van der Waals surface area contributed by atoms with Crippen molar-refractivity contribution in [1.82, 2.24) is 5.32 Å². The topological polar surface area (TPSA) is 72.4 Å². The molecule has 2 aromatic carbocycles. The molecule has 0 aromatic heterocycles. The van der Waals surface area contributed by atoms with E-state index in [1.807, 2.05) is 0 Å². The first-order valence-corrected chi connectivity index (χ1v) is 10.7. The van der Waals surface area contributed by atoms with Gasteiger partial charge in [-0.3, -0.25) is 4.79 Å². The zero-order valence-electron chi connectivity index (χ0n) is 18.5. The highest BCUT2D eigenvalue weighted by Crippen LogP contribution is 2.32. The van der Waals surface area contributed by atoms with Gasteiger partial charge in [0.2, 0.25) is 5.96 Å². The number of hydrogen-bond acceptors (Lipinski definition) is 5. The molecule has 0 unspecified atom stereocenters. The van der Waals surface area contributed by atoms with Crippen LogP contribution in [-0.2, 0) is 20.7 Å². The van der Waals surface area contributed by atoms with Crippen LogP contribution in [0, 0.1) is 0 Å². The zero-order valence-corrected chi connectivity index (χ0v) is 20.0. The molecule has 0 spiro atoms. The Hall–Kier alpha value is -2.53. The van der Waals surface area contributed by atoms with Gasteiger partial charge >= 0.3 is 6.36 Å². The molecule has 1 atom stereocenters. The lowest BCUT2D eigenvalue weighted by molar-refractivity contribution is -0.274. The second-order valence-electron chi connectivity index (χ2n) is 7.66. The predicted molar refractivity (Wildman–Crippen MR) is 122 cm³/mol. The lowest BCUT2D eigenvalue weighted by Crippen LogP contribution is -2.46. The fourth-order valence-electron chi connectivity index (χ4n) is 3.46. The highest BCUT2D eigenvalue weighted by molar-refractivity contribution is 6.36. The van der Waals surface area contributed by atoms with Crippen LogP contribution < -0.4 is 15.0 Å². The van der Waals surface area contributed by atoms with Crippen LogP contribution in [-0.4, -0.2) is 50.8 Å². The first-order chi connectivity index (χ1) is 15.9. The smallest absolute Gasteiger partial charge is 0.406 e. The number of guanidine groups is 1. The second-order valence-corrected chi connectivity index (χ2v) is 8.53. The van der Waals surface area contributed by atoms with E-state index in [1.165, 1.54) is 49.5 Å². The van der Waals surface area contributed by atoms with Crippen molar-refractivity contribution >= 4 is 40.8 Å². The van der Waals surface area contributed by atoms with Crippen LogP contribution >= 0.6 is 23.2 Å². The van der Waals surface area contributed by atoms with E-state index in [0.717, 1.165) is 0 Å². The van der Waals surface area contributed by atoms with Crippen LogP contribution in [0.1, 0.15) is 12.5 Å². The maximum absolute atomic E-state index is 13.6. The van der Waals surface area contributed by atoms with Gasteiger partial charge in [0, 0.05) is 30.7 Å². The average Bonchev–Trinajstić information content (AvgIpc) is 2.98. The molecule has 184 valence electrons. The molecule has 1 N–H and O–H groups in total. The van der Waals surface area contributed by atoms with Gasteiger partial charge in [0.1, 0.15) is 11.3 Å². The van der Waals surface area contributed by atoms with E-state index in [4.69, 9.17) is 32.7 Å². The molecule has 7 nitrogen and oxygen atoms in total. The number of ether oxygens (including phenoxy) is 3. The van der Waals surface area contributed by atoms with Gasteiger partial charge in [0.15, 0.2) is 6.29 Å². The summed E-state index contributed by atoms with van der Waals surface area (Å²) in [5, 5.41) is 3.79. The zero-order chi connectivity index (χ0) is 25.1. The monoisotopic (exact) mass is 525 g/mol. The molecule has 1 heterocycles. The first kappa shape index (κ1) is 26.1. The largest absolute Gasteiger partial charge is 0.573 e. The lowest BCUT2D eigenvalue weighted by atomic mass is 9.93. The van der Waals surface area contributed by atoms with Gasteiger partial charge in [-0.15, -0.1) is 13.2 Å². The third-order valence-corrected chi connectivity index (χ3v) is 5.45. The summed E-state index contributed by atoms with van der Waals surface area (Å²) < 4.78 is 51.5. The van der Waals surface area contributed by atoms with E-state index >= 15 is 0 Å². The van der Waals surface area contributed by atoms with Crippen molar-refractivity contribution < 1.29 is 32.2 Å². The van der Waals surface area contributed by atoms with E-state index < -0.39 is 18.2 Å². The molecule has 1 aliphatic rings. The standard InChI is InChI=1S/C22H22Cl2F3N3O4/c1-21(11-13-4-6-17(7-5-13)34-22(25,26)27)19(31)30(16-9-14(23)8-15(24)10-16)20(29-21)28-12-18(32-2)33-3/h4-10,18H,11-12H2,1-3H3,(H,28,29)/t21-/m1/s1/i8+1,9+1,10+1,14+1,15+1,16+1. The van der Waals surface area contributed by atoms with Crippen LogP contribution in [0.5, 0.6) is 5.75 Å². The number of carbonyl (C=O) groups excluding carboxylic acids is 1. The Morgan fingerprint density at radius 1 is 1.09 bits per heavy atom. The number of rotatable bonds is 8. The van der Waals surface area contributed by atoms with E-state index in [1.54, 1.807) is 19.1 Å². The van der Waals surface area contributed by atoms with Gasteiger partial charge < -0.3 is 19.5 Å². The maximum atomic E-state index is 13.6. The van der Waals surface area contributed by atoms with Gasteiger partial charge in [-0.05, 0) is 42.8 Å². The van der Waals surface area contributed by atoms with Gasteiger partial charge in [-0.25, -0.2) is 9.89 Å². The number of hydrogen-bond donors (Lipinski definition) is 1. The lowest BCUT2D eigenvalue weighted by Gasteiger charge is -2.22. The summed E-state index contributed by atoms with van der Waals surface area (Å²) in [6.07, 6.45) is -5.27. The molecule has 34 heavy (non-hydrogen) atoms. The van der Waals surface area contributed by atoms with Gasteiger partial charge in [0.05, 0.1) is 12.2 Å². The minimum absolute atomic E-state index is 0.0902. The highest BCUT2D eigenvalue weighted by atomic mass is 35.5. The molecular formula is C22H22Cl2F3N3O4.